The van der Waals surface area contributed by atoms with E-state index in [1.54, 1.807) is 13.8 Å². The molecule has 24 heavy (non-hydrogen) atoms. The van der Waals surface area contributed by atoms with E-state index in [1.165, 1.54) is 12.0 Å². The van der Waals surface area contributed by atoms with Gasteiger partial charge in [-0.05, 0) is 67.2 Å². The van der Waals surface area contributed by atoms with Crippen molar-refractivity contribution in [2.75, 3.05) is 6.61 Å². The van der Waals surface area contributed by atoms with Crippen molar-refractivity contribution >= 4 is 12.0 Å². The molecule has 4 aliphatic rings. The van der Waals surface area contributed by atoms with Gasteiger partial charge in [0.2, 0.25) is 0 Å². The number of carbonyl (C=O) groups excluding carboxylic acids is 1. The quantitative estimate of drug-likeness (QED) is 0.831. The van der Waals surface area contributed by atoms with Crippen molar-refractivity contribution in [1.82, 2.24) is 0 Å². The second-order valence-corrected chi connectivity index (χ2v) is 7.84. The van der Waals surface area contributed by atoms with Crippen molar-refractivity contribution in [2.24, 2.45) is 17.3 Å². The van der Waals surface area contributed by atoms with Crippen LogP contribution in [0.25, 0.3) is 6.08 Å². The lowest BCUT2D eigenvalue weighted by Crippen LogP contribution is -2.55. The van der Waals surface area contributed by atoms with Crippen LogP contribution in [0.15, 0.2) is 11.6 Å². The minimum absolute atomic E-state index is 0.0198. The molecule has 0 spiro atoms. The fourth-order valence-corrected chi connectivity index (χ4v) is 4.71. The van der Waals surface area contributed by atoms with E-state index in [0.29, 0.717) is 34.1 Å². The Labute approximate surface area is 142 Å². The summed E-state index contributed by atoms with van der Waals surface area (Å²) in [5.41, 5.74) is 3.12. The molecule has 1 unspecified atom stereocenters. The zero-order valence-electron chi connectivity index (χ0n) is 14.7. The van der Waals surface area contributed by atoms with Crippen LogP contribution >= 0.6 is 0 Å². The van der Waals surface area contributed by atoms with Gasteiger partial charge in [0.25, 0.3) is 0 Å². The van der Waals surface area contributed by atoms with Crippen molar-refractivity contribution in [1.29, 1.82) is 0 Å². The van der Waals surface area contributed by atoms with Crippen LogP contribution in [0.4, 0.5) is 0 Å². The largest absolute Gasteiger partial charge is 0.506 e. The SMILES string of the molecule is CCOC(=O)c1c(C)cc2c(c1O)C=C1C(C[C@H]3C[C@@H]1C3(C)C)O2. The van der Waals surface area contributed by atoms with Gasteiger partial charge in [0.15, 0.2) is 0 Å². The van der Waals surface area contributed by atoms with Gasteiger partial charge in [-0.2, -0.15) is 0 Å². The molecule has 1 aliphatic heterocycles. The molecule has 0 radical (unpaired) electrons. The summed E-state index contributed by atoms with van der Waals surface area (Å²) in [4.78, 5) is 12.2. The number of phenolic OH excluding ortho intramolecular Hbond substituents is 1. The average molecular weight is 328 g/mol. The molecule has 4 nitrogen and oxygen atoms in total. The van der Waals surface area contributed by atoms with Crippen LogP contribution in [0.3, 0.4) is 0 Å². The summed E-state index contributed by atoms with van der Waals surface area (Å²) >= 11 is 0. The Morgan fingerprint density at radius 1 is 1.42 bits per heavy atom. The van der Waals surface area contributed by atoms with E-state index >= 15 is 0 Å². The van der Waals surface area contributed by atoms with Crippen molar-refractivity contribution in [3.63, 3.8) is 0 Å². The van der Waals surface area contributed by atoms with Crippen molar-refractivity contribution in [2.45, 2.75) is 46.6 Å². The maximum atomic E-state index is 12.2. The third-order valence-electron chi connectivity index (χ3n) is 6.30. The number of carbonyl (C=O) groups is 1. The predicted octanol–water partition coefficient (Wildman–Crippen LogP) is 4.09. The highest BCUT2D eigenvalue weighted by Gasteiger charge is 2.56. The molecule has 4 heteroatoms. The Morgan fingerprint density at radius 3 is 2.83 bits per heavy atom. The lowest BCUT2D eigenvalue weighted by Gasteiger charge is -2.60. The Hall–Kier alpha value is -1.97. The van der Waals surface area contributed by atoms with Gasteiger partial charge in [-0.1, -0.05) is 13.8 Å². The Bertz CT molecular complexity index is 759. The summed E-state index contributed by atoms with van der Waals surface area (Å²) in [5.74, 6) is 1.38. The van der Waals surface area contributed by atoms with Gasteiger partial charge in [0, 0.05) is 0 Å². The molecule has 5 rings (SSSR count). The van der Waals surface area contributed by atoms with E-state index in [1.807, 2.05) is 6.07 Å². The first-order valence-corrected chi connectivity index (χ1v) is 8.76. The monoisotopic (exact) mass is 328 g/mol. The van der Waals surface area contributed by atoms with Crippen LogP contribution in [0.5, 0.6) is 11.5 Å². The van der Waals surface area contributed by atoms with E-state index in [4.69, 9.17) is 9.47 Å². The van der Waals surface area contributed by atoms with Gasteiger partial charge in [-0.25, -0.2) is 4.79 Å². The lowest BCUT2D eigenvalue weighted by molar-refractivity contribution is -0.0651. The summed E-state index contributed by atoms with van der Waals surface area (Å²) < 4.78 is 11.3. The number of phenols is 1. The van der Waals surface area contributed by atoms with Crippen LogP contribution < -0.4 is 4.74 Å². The summed E-state index contributed by atoms with van der Waals surface area (Å²) in [5, 5.41) is 10.7. The summed E-state index contributed by atoms with van der Waals surface area (Å²) in [6.07, 6.45) is 4.41. The molecule has 3 fully saturated rings. The zero-order chi connectivity index (χ0) is 17.2. The number of aryl methyl sites for hydroxylation is 1. The fourth-order valence-electron chi connectivity index (χ4n) is 4.71. The molecule has 0 aromatic heterocycles. The minimum atomic E-state index is -0.483. The molecular weight excluding hydrogens is 304 g/mol. The number of fused-ring (bicyclic) bond motifs is 1. The average Bonchev–Trinajstić information content (AvgIpc) is 2.52. The Morgan fingerprint density at radius 2 is 2.17 bits per heavy atom. The predicted molar refractivity (Wildman–Crippen MR) is 91.2 cm³/mol. The molecule has 3 aliphatic carbocycles. The number of aromatic hydroxyl groups is 1. The smallest absolute Gasteiger partial charge is 0.342 e. The van der Waals surface area contributed by atoms with Gasteiger partial charge in [-0.15, -0.1) is 0 Å². The molecule has 3 saturated carbocycles. The van der Waals surface area contributed by atoms with Crippen LogP contribution in [-0.4, -0.2) is 23.8 Å². The molecule has 2 bridgehead atoms. The summed E-state index contributed by atoms with van der Waals surface area (Å²) in [7, 11) is 0. The van der Waals surface area contributed by atoms with E-state index in [9.17, 15) is 9.90 Å². The summed E-state index contributed by atoms with van der Waals surface area (Å²) in [6, 6.07) is 1.85. The second-order valence-electron chi connectivity index (χ2n) is 7.84. The highest BCUT2D eigenvalue weighted by Crippen LogP contribution is 2.63. The van der Waals surface area contributed by atoms with Gasteiger partial charge in [0.1, 0.15) is 23.2 Å². The fraction of sp³-hybridized carbons (Fsp3) is 0.550. The van der Waals surface area contributed by atoms with Gasteiger partial charge in [0.05, 0.1) is 12.2 Å². The van der Waals surface area contributed by atoms with E-state index < -0.39 is 5.97 Å². The van der Waals surface area contributed by atoms with E-state index in [-0.39, 0.29) is 24.0 Å². The van der Waals surface area contributed by atoms with Crippen molar-refractivity contribution < 1.29 is 19.4 Å². The number of hydrogen-bond donors (Lipinski definition) is 1. The number of rotatable bonds is 2. The van der Waals surface area contributed by atoms with E-state index in [2.05, 4.69) is 19.9 Å². The van der Waals surface area contributed by atoms with Crippen molar-refractivity contribution in [3.05, 3.63) is 28.3 Å². The first-order chi connectivity index (χ1) is 11.3. The van der Waals surface area contributed by atoms with Crippen LogP contribution in [0.2, 0.25) is 0 Å². The number of benzene rings is 1. The van der Waals surface area contributed by atoms with Crippen molar-refractivity contribution in [3.8, 4) is 11.5 Å². The number of hydrogen-bond acceptors (Lipinski definition) is 4. The highest BCUT2D eigenvalue weighted by atomic mass is 16.5. The Kier molecular flexibility index (Phi) is 3.25. The third-order valence-corrected chi connectivity index (χ3v) is 6.30. The molecular formula is C20H24O4. The molecule has 1 N–H and O–H groups in total. The van der Waals surface area contributed by atoms with Crippen LogP contribution in [-0.2, 0) is 4.74 Å². The summed E-state index contributed by atoms with van der Waals surface area (Å²) in [6.45, 7) is 8.48. The normalized spacial score (nSPS) is 28.7. The first kappa shape index (κ1) is 15.6. The topological polar surface area (TPSA) is 55.8 Å². The highest BCUT2D eigenvalue weighted by molar-refractivity contribution is 5.96. The van der Waals surface area contributed by atoms with Gasteiger partial charge in [-0.3, -0.25) is 0 Å². The molecule has 3 atom stereocenters. The Balaban J connectivity index is 1.81. The lowest BCUT2D eigenvalue weighted by atomic mass is 9.46. The zero-order valence-corrected chi connectivity index (χ0v) is 14.7. The maximum Gasteiger partial charge on any atom is 0.342 e. The standard InChI is InChI=1S/C20H24O4/c1-5-23-19(22)17-10(2)6-15-13(18(17)21)9-12-14-7-11(20(14,3)4)8-16(12)24-15/h6,9,11,14,16,21H,5,7-8H2,1-4H3/t11-,14+,16?/m1/s1. The minimum Gasteiger partial charge on any atom is -0.506 e. The third kappa shape index (κ3) is 1.95. The molecule has 1 aromatic carbocycles. The van der Waals surface area contributed by atoms with Crippen LogP contribution in [0.1, 0.15) is 55.1 Å². The first-order valence-electron chi connectivity index (χ1n) is 8.76. The molecule has 1 heterocycles. The molecule has 128 valence electrons. The van der Waals surface area contributed by atoms with Gasteiger partial charge < -0.3 is 14.6 Å². The van der Waals surface area contributed by atoms with Crippen LogP contribution in [0, 0.1) is 24.2 Å². The second kappa shape index (κ2) is 5.01. The van der Waals surface area contributed by atoms with E-state index in [0.717, 1.165) is 6.42 Å². The maximum absolute atomic E-state index is 12.2. The molecule has 1 aromatic rings. The number of ether oxygens (including phenoxy) is 2. The van der Waals surface area contributed by atoms with Gasteiger partial charge >= 0.3 is 5.97 Å². The number of esters is 1. The molecule has 0 amide bonds. The molecule has 0 saturated heterocycles.